The number of carbonyl (C=O) groups excluding carboxylic acids is 1. The number of nitrogens with zero attached hydrogens (tertiary/aromatic N) is 2. The highest BCUT2D eigenvalue weighted by Gasteiger charge is 2.22. The lowest BCUT2D eigenvalue weighted by Crippen LogP contribution is -2.35. The number of hydrogen-bond donors (Lipinski definition) is 0. The Labute approximate surface area is 151 Å². The highest BCUT2D eigenvalue weighted by Crippen LogP contribution is 2.29. The molecule has 3 aromatic rings. The monoisotopic (exact) mass is 350 g/mol. The van der Waals surface area contributed by atoms with E-state index in [9.17, 15) is 9.18 Å². The van der Waals surface area contributed by atoms with Crippen molar-refractivity contribution < 1.29 is 13.6 Å². The van der Waals surface area contributed by atoms with Crippen molar-refractivity contribution >= 4 is 5.91 Å². The van der Waals surface area contributed by atoms with Crippen LogP contribution in [0.1, 0.15) is 29.6 Å². The zero-order valence-electron chi connectivity index (χ0n) is 14.3. The third-order valence-corrected chi connectivity index (χ3v) is 4.67. The molecule has 2 heterocycles. The summed E-state index contributed by atoms with van der Waals surface area (Å²) in [7, 11) is 0. The second kappa shape index (κ2) is 7.12. The Bertz CT molecular complexity index is 912. The Morgan fingerprint density at radius 2 is 1.73 bits per heavy atom. The highest BCUT2D eigenvalue weighted by molar-refractivity contribution is 6.00. The van der Waals surface area contributed by atoms with Crippen LogP contribution in [0.3, 0.4) is 0 Å². The Balaban J connectivity index is 1.66. The molecule has 2 aromatic carbocycles. The number of carbonyl (C=O) groups is 1. The van der Waals surface area contributed by atoms with Gasteiger partial charge in [-0.15, -0.1) is 0 Å². The fourth-order valence-corrected chi connectivity index (χ4v) is 3.27. The van der Waals surface area contributed by atoms with Crippen LogP contribution < -0.4 is 0 Å². The fraction of sp³-hybridized carbons (Fsp3) is 0.238. The quantitative estimate of drug-likeness (QED) is 0.683. The van der Waals surface area contributed by atoms with Crippen LogP contribution in [0.2, 0.25) is 0 Å². The maximum absolute atomic E-state index is 13.1. The summed E-state index contributed by atoms with van der Waals surface area (Å²) >= 11 is 0. The minimum atomic E-state index is -0.300. The van der Waals surface area contributed by atoms with E-state index in [1.165, 1.54) is 18.6 Å². The average Bonchev–Trinajstić information content (AvgIpc) is 3.19. The van der Waals surface area contributed by atoms with Gasteiger partial charge in [-0.2, -0.15) is 0 Å². The van der Waals surface area contributed by atoms with Crippen LogP contribution in [-0.4, -0.2) is 28.9 Å². The van der Waals surface area contributed by atoms with Gasteiger partial charge in [-0.25, -0.2) is 9.37 Å². The van der Waals surface area contributed by atoms with E-state index in [1.54, 1.807) is 18.3 Å². The van der Waals surface area contributed by atoms with E-state index in [0.29, 0.717) is 22.8 Å². The van der Waals surface area contributed by atoms with Gasteiger partial charge >= 0.3 is 0 Å². The summed E-state index contributed by atoms with van der Waals surface area (Å²) in [5.41, 5.74) is 2.02. The standard InChI is InChI=1S/C21H19FN2O2/c22-16-10-8-15(9-11-16)19-14-23-20(26-19)17-6-2-3-7-18(17)21(25)24-12-4-1-5-13-24/h2-3,6-11,14H,1,4-5,12-13H2. The van der Waals surface area contributed by atoms with Gasteiger partial charge in [0.05, 0.1) is 11.8 Å². The number of halogens is 1. The lowest BCUT2D eigenvalue weighted by atomic mass is 10.0. The lowest BCUT2D eigenvalue weighted by molar-refractivity contribution is 0.0725. The van der Waals surface area contributed by atoms with Gasteiger partial charge in [0.25, 0.3) is 5.91 Å². The molecular formula is C21H19FN2O2. The van der Waals surface area contributed by atoms with Crippen LogP contribution in [0.5, 0.6) is 0 Å². The fourth-order valence-electron chi connectivity index (χ4n) is 3.27. The number of rotatable bonds is 3. The first-order valence-corrected chi connectivity index (χ1v) is 8.83. The molecule has 0 N–H and O–H groups in total. The van der Waals surface area contributed by atoms with E-state index in [-0.39, 0.29) is 11.7 Å². The van der Waals surface area contributed by atoms with E-state index in [1.807, 2.05) is 29.2 Å². The van der Waals surface area contributed by atoms with Crippen molar-refractivity contribution in [1.82, 2.24) is 9.88 Å². The molecule has 4 nitrogen and oxygen atoms in total. The van der Waals surface area contributed by atoms with Crippen LogP contribution in [0, 0.1) is 5.82 Å². The third-order valence-electron chi connectivity index (χ3n) is 4.67. The summed E-state index contributed by atoms with van der Waals surface area (Å²) in [6.45, 7) is 1.58. The van der Waals surface area contributed by atoms with Gasteiger partial charge in [0, 0.05) is 24.2 Å². The maximum atomic E-state index is 13.1. The minimum Gasteiger partial charge on any atom is -0.436 e. The van der Waals surface area contributed by atoms with Crippen molar-refractivity contribution in [3.8, 4) is 22.8 Å². The molecule has 0 spiro atoms. The summed E-state index contributed by atoms with van der Waals surface area (Å²) in [6, 6.07) is 13.4. The molecule has 4 rings (SSSR count). The topological polar surface area (TPSA) is 46.3 Å². The largest absolute Gasteiger partial charge is 0.436 e. The van der Waals surface area contributed by atoms with Crippen LogP contribution in [0.25, 0.3) is 22.8 Å². The van der Waals surface area contributed by atoms with Crippen LogP contribution in [0.15, 0.2) is 59.1 Å². The summed E-state index contributed by atoms with van der Waals surface area (Å²) < 4.78 is 19.0. The molecule has 1 aromatic heterocycles. The number of benzene rings is 2. The summed E-state index contributed by atoms with van der Waals surface area (Å²) in [6.07, 6.45) is 4.86. The minimum absolute atomic E-state index is 0.0156. The molecule has 0 saturated carbocycles. The van der Waals surface area contributed by atoms with E-state index >= 15 is 0 Å². The van der Waals surface area contributed by atoms with Gasteiger partial charge < -0.3 is 9.32 Å². The van der Waals surface area contributed by atoms with Crippen LogP contribution >= 0.6 is 0 Å². The summed E-state index contributed by atoms with van der Waals surface area (Å²) in [5.74, 6) is 0.651. The molecule has 0 bridgehead atoms. The Morgan fingerprint density at radius 1 is 1.00 bits per heavy atom. The van der Waals surface area contributed by atoms with Gasteiger partial charge in [-0.3, -0.25) is 4.79 Å². The number of aromatic nitrogens is 1. The highest BCUT2D eigenvalue weighted by atomic mass is 19.1. The zero-order chi connectivity index (χ0) is 17.9. The maximum Gasteiger partial charge on any atom is 0.254 e. The molecule has 5 heteroatoms. The van der Waals surface area contributed by atoms with Crippen molar-refractivity contribution in [2.75, 3.05) is 13.1 Å². The first-order chi connectivity index (χ1) is 12.7. The number of hydrogen-bond acceptors (Lipinski definition) is 3. The van der Waals surface area contributed by atoms with Crippen LogP contribution in [0.4, 0.5) is 4.39 Å². The van der Waals surface area contributed by atoms with Crippen molar-refractivity contribution in [3.63, 3.8) is 0 Å². The third kappa shape index (κ3) is 3.25. The first-order valence-electron chi connectivity index (χ1n) is 8.83. The number of piperidine rings is 1. The van der Waals surface area contributed by atoms with Crippen molar-refractivity contribution in [2.45, 2.75) is 19.3 Å². The molecule has 1 aliphatic rings. The molecule has 1 amide bonds. The molecule has 26 heavy (non-hydrogen) atoms. The molecule has 1 saturated heterocycles. The molecule has 0 atom stereocenters. The molecule has 1 aliphatic heterocycles. The van der Waals surface area contributed by atoms with E-state index < -0.39 is 0 Å². The Morgan fingerprint density at radius 3 is 2.50 bits per heavy atom. The van der Waals surface area contributed by atoms with Crippen molar-refractivity contribution in [2.24, 2.45) is 0 Å². The molecule has 1 fully saturated rings. The molecule has 0 aliphatic carbocycles. The van der Waals surface area contributed by atoms with Gasteiger partial charge in [-0.1, -0.05) is 12.1 Å². The van der Waals surface area contributed by atoms with Gasteiger partial charge in [-0.05, 0) is 55.7 Å². The number of amides is 1. The first kappa shape index (κ1) is 16.5. The van der Waals surface area contributed by atoms with Gasteiger partial charge in [0.1, 0.15) is 5.82 Å². The lowest BCUT2D eigenvalue weighted by Gasteiger charge is -2.27. The van der Waals surface area contributed by atoms with Crippen molar-refractivity contribution in [1.29, 1.82) is 0 Å². The molecular weight excluding hydrogens is 331 g/mol. The second-order valence-corrected chi connectivity index (χ2v) is 6.44. The summed E-state index contributed by atoms with van der Waals surface area (Å²) in [4.78, 5) is 19.2. The average molecular weight is 350 g/mol. The smallest absolute Gasteiger partial charge is 0.254 e. The van der Waals surface area contributed by atoms with Crippen molar-refractivity contribution in [3.05, 3.63) is 66.1 Å². The summed E-state index contributed by atoms with van der Waals surface area (Å²) in [5, 5.41) is 0. The van der Waals surface area contributed by atoms with Crippen LogP contribution in [-0.2, 0) is 0 Å². The predicted molar refractivity (Wildman–Crippen MR) is 97.1 cm³/mol. The Kier molecular flexibility index (Phi) is 4.52. The van der Waals surface area contributed by atoms with E-state index in [0.717, 1.165) is 31.5 Å². The zero-order valence-corrected chi connectivity index (χ0v) is 14.3. The number of oxazole rings is 1. The van der Waals surface area contributed by atoms with E-state index in [2.05, 4.69) is 4.98 Å². The van der Waals surface area contributed by atoms with Gasteiger partial charge in [0.2, 0.25) is 5.89 Å². The Hall–Kier alpha value is -2.95. The van der Waals surface area contributed by atoms with E-state index in [4.69, 9.17) is 4.42 Å². The normalized spacial score (nSPS) is 14.4. The predicted octanol–water partition coefficient (Wildman–Crippen LogP) is 4.77. The second-order valence-electron chi connectivity index (χ2n) is 6.44. The number of likely N-dealkylation sites (tertiary alicyclic amines) is 1. The molecule has 132 valence electrons. The molecule has 0 unspecified atom stereocenters. The SMILES string of the molecule is O=C(c1ccccc1-c1ncc(-c2ccc(F)cc2)o1)N1CCCCC1. The van der Waals surface area contributed by atoms with Gasteiger partial charge in [0.15, 0.2) is 5.76 Å². The molecule has 0 radical (unpaired) electrons.